The summed E-state index contributed by atoms with van der Waals surface area (Å²) in [4.78, 5) is 0. The fourth-order valence-electron chi connectivity index (χ4n) is 0.463. The fourth-order valence-corrected chi connectivity index (χ4v) is 0.870. The molecule has 0 rings (SSSR count). The van der Waals surface area contributed by atoms with Gasteiger partial charge in [0.15, 0.2) is 0 Å². The highest BCUT2D eigenvalue weighted by atomic mass is 28.2. The Balaban J connectivity index is 2.65. The van der Waals surface area contributed by atoms with Crippen LogP contribution in [0.2, 0.25) is 6.55 Å². The Morgan fingerprint density at radius 1 is 1.20 bits per heavy atom. The van der Waals surface area contributed by atoms with E-state index in [9.17, 15) is 0 Å². The average molecular weight is 164 g/mol. The maximum atomic E-state index is 5.11. The van der Waals surface area contributed by atoms with E-state index in [1.807, 2.05) is 0 Å². The molecular weight excluding hydrogens is 148 g/mol. The van der Waals surface area contributed by atoms with Crippen molar-refractivity contribution < 1.29 is 14.2 Å². The van der Waals surface area contributed by atoms with Crippen LogP contribution in [0.4, 0.5) is 0 Å². The molecule has 10 heavy (non-hydrogen) atoms. The first-order valence-electron chi connectivity index (χ1n) is 3.56. The number of hydrogen-bond donors (Lipinski definition) is 0. The van der Waals surface area contributed by atoms with E-state index in [0.717, 1.165) is 6.23 Å². The molecule has 0 unspecified atom stereocenters. The van der Waals surface area contributed by atoms with Crippen molar-refractivity contribution >= 4 is 9.52 Å². The number of rotatable bonds is 7. The van der Waals surface area contributed by atoms with Gasteiger partial charge < -0.3 is 14.2 Å². The van der Waals surface area contributed by atoms with Gasteiger partial charge in [0.2, 0.25) is 0 Å². The second-order valence-corrected chi connectivity index (χ2v) is 3.34. The van der Waals surface area contributed by atoms with Gasteiger partial charge in [-0.15, -0.1) is 0 Å². The summed E-state index contributed by atoms with van der Waals surface area (Å²) in [6.45, 7) is 3.90. The minimum atomic E-state index is 0.0410. The smallest absolute Gasteiger partial charge is 0.146 e. The van der Waals surface area contributed by atoms with Crippen LogP contribution in [0, 0.1) is 0 Å². The number of hydrogen-bond acceptors (Lipinski definition) is 3. The molecule has 0 atom stereocenters. The lowest BCUT2D eigenvalue weighted by Gasteiger charge is -2.02. The third-order valence-electron chi connectivity index (χ3n) is 0.947. The van der Waals surface area contributed by atoms with Crippen LogP contribution in [0.1, 0.15) is 0 Å². The normalized spacial score (nSPS) is 11.4. The molecule has 0 N–H and O–H groups in total. The Morgan fingerprint density at radius 2 is 2.00 bits per heavy atom. The first kappa shape index (κ1) is 10.1. The van der Waals surface area contributed by atoms with Crippen LogP contribution in [-0.4, -0.2) is 42.9 Å². The van der Waals surface area contributed by atoms with Gasteiger partial charge in [-0.25, -0.2) is 0 Å². The van der Waals surface area contributed by atoms with Crippen molar-refractivity contribution in [3.8, 4) is 0 Å². The van der Waals surface area contributed by atoms with Crippen molar-refractivity contribution in [2.24, 2.45) is 0 Å². The third-order valence-corrected chi connectivity index (χ3v) is 1.64. The van der Waals surface area contributed by atoms with Crippen molar-refractivity contribution in [2.45, 2.75) is 6.55 Å². The summed E-state index contributed by atoms with van der Waals surface area (Å²) in [5, 5.41) is 0. The molecule has 0 aromatic carbocycles. The molecule has 3 nitrogen and oxygen atoms in total. The van der Waals surface area contributed by atoms with Crippen LogP contribution in [0.3, 0.4) is 0 Å². The predicted octanol–water partition coefficient (Wildman–Crippen LogP) is -0.202. The summed E-state index contributed by atoms with van der Waals surface area (Å²) in [5.41, 5.74) is 0. The van der Waals surface area contributed by atoms with Gasteiger partial charge in [0, 0.05) is 22.9 Å². The molecule has 0 aromatic rings. The van der Waals surface area contributed by atoms with E-state index in [1.165, 1.54) is 0 Å². The van der Waals surface area contributed by atoms with Gasteiger partial charge in [0.05, 0.1) is 13.2 Å². The molecule has 0 aliphatic heterocycles. The van der Waals surface area contributed by atoms with Crippen LogP contribution in [0.5, 0.6) is 0 Å². The highest BCUT2D eigenvalue weighted by Gasteiger charge is 1.85. The Labute approximate surface area is 64.5 Å². The summed E-state index contributed by atoms with van der Waals surface area (Å²) in [7, 11) is 1.70. The molecule has 0 aliphatic carbocycles. The monoisotopic (exact) mass is 164 g/mol. The third kappa shape index (κ3) is 8.10. The van der Waals surface area contributed by atoms with Crippen molar-refractivity contribution in [3.05, 3.63) is 0 Å². The Kier molecular flexibility index (Phi) is 9.19. The van der Waals surface area contributed by atoms with Gasteiger partial charge >= 0.3 is 0 Å². The lowest BCUT2D eigenvalue weighted by molar-refractivity contribution is -0.0524. The molecule has 0 amide bonds. The molecule has 0 bridgehead atoms. The van der Waals surface area contributed by atoms with Gasteiger partial charge in [0.25, 0.3) is 0 Å². The van der Waals surface area contributed by atoms with E-state index in [-0.39, 0.29) is 9.52 Å². The van der Waals surface area contributed by atoms with E-state index in [4.69, 9.17) is 14.2 Å². The molecule has 0 saturated heterocycles. The summed E-state index contributed by atoms with van der Waals surface area (Å²) in [5.74, 6) is 0. The quantitative estimate of drug-likeness (QED) is 0.296. The Bertz CT molecular complexity index is 53.0. The summed E-state index contributed by atoms with van der Waals surface area (Å²) >= 11 is 0. The molecular formula is C6H16O3Si. The maximum absolute atomic E-state index is 5.11. The van der Waals surface area contributed by atoms with Crippen molar-refractivity contribution in [1.29, 1.82) is 0 Å². The second-order valence-electron chi connectivity index (χ2n) is 1.93. The maximum Gasteiger partial charge on any atom is 0.146 e. The summed E-state index contributed by atoms with van der Waals surface area (Å²) in [6.07, 6.45) is 0.910. The van der Waals surface area contributed by atoms with E-state index in [1.54, 1.807) is 7.11 Å². The number of methoxy groups -OCH3 is 1. The van der Waals surface area contributed by atoms with Gasteiger partial charge in [0.1, 0.15) is 6.79 Å². The second kappa shape index (κ2) is 9.10. The molecule has 0 heterocycles. The minimum absolute atomic E-state index is 0.0410. The van der Waals surface area contributed by atoms with E-state index in [2.05, 4.69) is 6.55 Å². The average Bonchev–Trinajstić information content (AvgIpc) is 1.97. The van der Waals surface area contributed by atoms with Crippen molar-refractivity contribution in [1.82, 2.24) is 0 Å². The topological polar surface area (TPSA) is 27.7 Å². The zero-order valence-corrected chi connectivity index (χ0v) is 8.17. The van der Waals surface area contributed by atoms with Gasteiger partial charge in [-0.1, -0.05) is 6.55 Å². The van der Waals surface area contributed by atoms with Crippen LogP contribution >= 0.6 is 0 Å². The van der Waals surface area contributed by atoms with Crippen LogP contribution in [0.25, 0.3) is 0 Å². The van der Waals surface area contributed by atoms with Gasteiger partial charge in [-0.05, 0) is 0 Å². The first-order chi connectivity index (χ1) is 4.91. The standard InChI is InChI=1S/C6H16O3Si/c1-7-3-4-8-5-9-6-10-2/h3-6,10H2,1-2H3. The minimum Gasteiger partial charge on any atom is -0.382 e. The Morgan fingerprint density at radius 3 is 2.60 bits per heavy atom. The van der Waals surface area contributed by atoms with Gasteiger partial charge in [-0.3, -0.25) is 0 Å². The fraction of sp³-hybridized carbons (Fsp3) is 1.00. The zero-order valence-electron chi connectivity index (χ0n) is 6.76. The molecule has 0 fully saturated rings. The van der Waals surface area contributed by atoms with Crippen molar-refractivity contribution in [3.63, 3.8) is 0 Å². The Hall–Kier alpha value is 0.0969. The van der Waals surface area contributed by atoms with E-state index in [0.29, 0.717) is 20.0 Å². The van der Waals surface area contributed by atoms with Crippen molar-refractivity contribution in [2.75, 3.05) is 33.3 Å². The predicted molar refractivity (Wildman–Crippen MR) is 43.1 cm³/mol. The zero-order chi connectivity index (χ0) is 7.66. The summed E-state index contributed by atoms with van der Waals surface area (Å²) in [6, 6.07) is 0. The highest BCUT2D eigenvalue weighted by molar-refractivity contribution is 6.33. The molecule has 0 saturated carbocycles. The molecule has 0 spiro atoms. The van der Waals surface area contributed by atoms with Crippen LogP contribution in [-0.2, 0) is 14.2 Å². The summed E-state index contributed by atoms with van der Waals surface area (Å²) < 4.78 is 14.9. The van der Waals surface area contributed by atoms with Gasteiger partial charge in [-0.2, -0.15) is 0 Å². The molecule has 62 valence electrons. The highest BCUT2D eigenvalue weighted by Crippen LogP contribution is 1.77. The lowest BCUT2D eigenvalue weighted by Crippen LogP contribution is -2.08. The molecule has 0 radical (unpaired) electrons. The van der Waals surface area contributed by atoms with Crippen LogP contribution < -0.4 is 0 Å². The molecule has 4 heteroatoms. The van der Waals surface area contributed by atoms with E-state index < -0.39 is 0 Å². The lowest BCUT2D eigenvalue weighted by atomic mass is 10.8. The largest absolute Gasteiger partial charge is 0.382 e. The number of ether oxygens (including phenoxy) is 3. The molecule has 0 aromatic heterocycles. The van der Waals surface area contributed by atoms with Crippen LogP contribution in [0.15, 0.2) is 0 Å². The SMILES string of the molecule is COCCOCOC[SiH2]C. The van der Waals surface area contributed by atoms with E-state index >= 15 is 0 Å². The molecule has 0 aliphatic rings. The first-order valence-corrected chi connectivity index (χ1v) is 5.97.